The summed E-state index contributed by atoms with van der Waals surface area (Å²) < 4.78 is 5.44. The van der Waals surface area contributed by atoms with Gasteiger partial charge >= 0.3 is 0 Å². The third-order valence-corrected chi connectivity index (χ3v) is 5.90. The molecule has 1 aromatic carbocycles. The average molecular weight is 409 g/mol. The first-order chi connectivity index (χ1) is 14.6. The summed E-state index contributed by atoms with van der Waals surface area (Å²) in [6, 6.07) is 6.49. The fraction of sp³-hybridized carbons (Fsp3) is 0.522. The quantitative estimate of drug-likeness (QED) is 0.723. The maximum atomic E-state index is 6.02. The van der Waals surface area contributed by atoms with Gasteiger partial charge in [0.25, 0.3) is 0 Å². The predicted molar refractivity (Wildman–Crippen MR) is 120 cm³/mol. The van der Waals surface area contributed by atoms with Crippen LogP contribution in [0.3, 0.4) is 0 Å². The number of anilines is 1. The molecule has 1 aliphatic carbocycles. The van der Waals surface area contributed by atoms with Gasteiger partial charge in [-0.25, -0.2) is 4.98 Å². The molecule has 2 aromatic rings. The highest BCUT2D eigenvalue weighted by molar-refractivity contribution is 5.74. The Morgan fingerprint density at radius 2 is 2.13 bits per heavy atom. The number of nitrogens with zero attached hydrogens (tertiary/aromatic N) is 4. The Morgan fingerprint density at radius 1 is 1.30 bits per heavy atom. The maximum absolute atomic E-state index is 6.02. The van der Waals surface area contributed by atoms with Crippen molar-refractivity contribution in [2.45, 2.75) is 51.5 Å². The first-order valence-corrected chi connectivity index (χ1v) is 10.9. The topological polar surface area (TPSA) is 89.2 Å². The summed E-state index contributed by atoms with van der Waals surface area (Å²) in [5.41, 5.74) is 10.6. The number of piperidine rings is 1. The van der Waals surface area contributed by atoms with E-state index in [9.17, 15) is 0 Å². The molecule has 160 valence electrons. The van der Waals surface area contributed by atoms with Gasteiger partial charge in [-0.1, -0.05) is 6.92 Å². The molecule has 1 aromatic heterocycles. The zero-order valence-electron chi connectivity index (χ0n) is 18.2. The molecule has 3 N–H and O–H groups in total. The normalized spacial score (nSPS) is 20.2. The number of aromatic nitrogens is 3. The van der Waals surface area contributed by atoms with Crippen LogP contribution in [0.2, 0.25) is 0 Å². The zero-order chi connectivity index (χ0) is 21.1. The molecule has 1 saturated carbocycles. The van der Waals surface area contributed by atoms with Crippen molar-refractivity contribution in [3.05, 3.63) is 35.2 Å². The third kappa shape index (κ3) is 4.73. The molecule has 7 nitrogen and oxygen atoms in total. The second-order valence-corrected chi connectivity index (χ2v) is 8.36. The second-order valence-electron chi connectivity index (χ2n) is 8.36. The van der Waals surface area contributed by atoms with Crippen LogP contribution in [0.25, 0.3) is 17.3 Å². The Balaban J connectivity index is 1.67. The van der Waals surface area contributed by atoms with Gasteiger partial charge in [-0.05, 0) is 81.5 Å². The Bertz CT molecular complexity index is 920. The van der Waals surface area contributed by atoms with Gasteiger partial charge in [-0.15, -0.1) is 10.2 Å². The largest absolute Gasteiger partial charge is 0.497 e. The zero-order valence-corrected chi connectivity index (χ0v) is 18.2. The van der Waals surface area contributed by atoms with E-state index in [1.165, 1.54) is 24.8 Å². The van der Waals surface area contributed by atoms with Gasteiger partial charge in [0.05, 0.1) is 12.8 Å². The molecule has 7 heteroatoms. The van der Waals surface area contributed by atoms with Crippen LogP contribution in [0.4, 0.5) is 5.95 Å². The van der Waals surface area contributed by atoms with Gasteiger partial charge in [0.15, 0.2) is 0 Å². The van der Waals surface area contributed by atoms with Crippen LogP contribution in [-0.4, -0.2) is 52.9 Å². The number of hydrogen-bond donors (Lipinski definition) is 2. The van der Waals surface area contributed by atoms with E-state index < -0.39 is 0 Å². The molecule has 1 saturated heterocycles. The standard InChI is InChI=1S/C23H32N6O/c1-4-29-11-5-6-17(14-29)25-23-26-21(12-15(2)24)22(27-28-23)19-10-9-18(30-3)13-20(19)16-7-8-16/h9-10,12-13,16-17H,4-8,11,14,24H2,1-3H3,(H,25,26,28)/b15-12-. The molecule has 30 heavy (non-hydrogen) atoms. The van der Waals surface area contributed by atoms with Gasteiger partial charge in [0.2, 0.25) is 5.95 Å². The second kappa shape index (κ2) is 9.00. The molecule has 1 unspecified atom stereocenters. The van der Waals surface area contributed by atoms with Crippen molar-refractivity contribution in [2.24, 2.45) is 5.73 Å². The number of likely N-dealkylation sites (tertiary alicyclic amines) is 1. The lowest BCUT2D eigenvalue weighted by atomic mass is 9.98. The monoisotopic (exact) mass is 408 g/mol. The minimum absolute atomic E-state index is 0.338. The van der Waals surface area contributed by atoms with Gasteiger partial charge in [0.1, 0.15) is 11.4 Å². The Hall–Kier alpha value is -2.67. The molecule has 1 aliphatic heterocycles. The van der Waals surface area contributed by atoms with Crippen molar-refractivity contribution < 1.29 is 4.74 Å². The van der Waals surface area contributed by atoms with Crippen molar-refractivity contribution in [1.29, 1.82) is 0 Å². The van der Waals surface area contributed by atoms with Gasteiger partial charge in [0, 0.05) is 23.8 Å². The molecular weight excluding hydrogens is 376 g/mol. The van der Waals surface area contributed by atoms with E-state index >= 15 is 0 Å². The van der Waals surface area contributed by atoms with Crippen LogP contribution in [0.1, 0.15) is 56.7 Å². The Labute approximate surface area is 178 Å². The Kier molecular flexibility index (Phi) is 6.18. The third-order valence-electron chi connectivity index (χ3n) is 5.90. The number of ether oxygens (including phenoxy) is 1. The number of likely N-dealkylation sites (N-methyl/N-ethyl adjacent to an activating group) is 1. The van der Waals surface area contributed by atoms with Crippen LogP contribution in [0.5, 0.6) is 5.75 Å². The van der Waals surface area contributed by atoms with E-state index in [1.54, 1.807) is 7.11 Å². The van der Waals surface area contributed by atoms with E-state index in [-0.39, 0.29) is 0 Å². The number of hydrogen-bond acceptors (Lipinski definition) is 7. The summed E-state index contributed by atoms with van der Waals surface area (Å²) in [6.45, 7) is 7.31. The number of nitrogens with two attached hydrogens (primary N) is 1. The summed E-state index contributed by atoms with van der Waals surface area (Å²) in [4.78, 5) is 7.26. The van der Waals surface area contributed by atoms with Crippen molar-refractivity contribution in [1.82, 2.24) is 20.1 Å². The van der Waals surface area contributed by atoms with E-state index in [2.05, 4.69) is 39.5 Å². The van der Waals surface area contributed by atoms with Crippen molar-refractivity contribution in [2.75, 3.05) is 32.1 Å². The SMILES string of the molecule is CCN1CCCC(Nc2nnc(-c3ccc(OC)cc3C3CC3)c(/C=C(/C)N)n2)C1. The molecule has 0 spiro atoms. The summed E-state index contributed by atoms with van der Waals surface area (Å²) >= 11 is 0. The van der Waals surface area contributed by atoms with E-state index in [1.807, 2.05) is 19.1 Å². The van der Waals surface area contributed by atoms with E-state index in [4.69, 9.17) is 15.5 Å². The first kappa shape index (κ1) is 20.6. The van der Waals surface area contributed by atoms with Gasteiger partial charge in [-0.2, -0.15) is 0 Å². The molecule has 0 radical (unpaired) electrons. The van der Waals surface area contributed by atoms with Crippen molar-refractivity contribution in [3.8, 4) is 17.0 Å². The fourth-order valence-corrected chi connectivity index (χ4v) is 4.17. The summed E-state index contributed by atoms with van der Waals surface area (Å²) in [7, 11) is 1.70. The van der Waals surface area contributed by atoms with Crippen LogP contribution < -0.4 is 15.8 Å². The minimum atomic E-state index is 0.338. The predicted octanol–water partition coefficient (Wildman–Crippen LogP) is 3.64. The molecular formula is C23H32N6O. The molecule has 2 aliphatic rings. The van der Waals surface area contributed by atoms with E-state index in [0.717, 1.165) is 48.8 Å². The minimum Gasteiger partial charge on any atom is -0.497 e. The summed E-state index contributed by atoms with van der Waals surface area (Å²) in [5.74, 6) is 1.98. The summed E-state index contributed by atoms with van der Waals surface area (Å²) in [6.07, 6.45) is 6.57. The van der Waals surface area contributed by atoms with Crippen LogP contribution >= 0.6 is 0 Å². The van der Waals surface area contributed by atoms with Crippen LogP contribution in [0.15, 0.2) is 23.9 Å². The maximum Gasteiger partial charge on any atom is 0.243 e. The van der Waals surface area contributed by atoms with Crippen LogP contribution in [0, 0.1) is 0 Å². The highest BCUT2D eigenvalue weighted by atomic mass is 16.5. The Morgan fingerprint density at radius 3 is 2.83 bits per heavy atom. The van der Waals surface area contributed by atoms with Crippen LogP contribution in [-0.2, 0) is 0 Å². The number of benzene rings is 1. The molecule has 0 amide bonds. The van der Waals surface area contributed by atoms with Gasteiger partial charge in [-0.3, -0.25) is 0 Å². The molecule has 2 fully saturated rings. The highest BCUT2D eigenvalue weighted by Crippen LogP contribution is 2.45. The summed E-state index contributed by atoms with van der Waals surface area (Å²) in [5, 5.41) is 12.5. The molecule has 4 rings (SSSR count). The highest BCUT2D eigenvalue weighted by Gasteiger charge is 2.28. The molecule has 0 bridgehead atoms. The lowest BCUT2D eigenvalue weighted by molar-refractivity contribution is 0.226. The van der Waals surface area contributed by atoms with Crippen molar-refractivity contribution >= 4 is 12.0 Å². The smallest absolute Gasteiger partial charge is 0.243 e. The lowest BCUT2D eigenvalue weighted by Crippen LogP contribution is -2.42. The lowest BCUT2D eigenvalue weighted by Gasteiger charge is -2.32. The van der Waals surface area contributed by atoms with E-state index in [0.29, 0.717) is 23.6 Å². The number of rotatable bonds is 7. The van der Waals surface area contributed by atoms with Gasteiger partial charge < -0.3 is 20.7 Å². The number of nitrogens with one attached hydrogen (secondary N) is 1. The number of allylic oxidation sites excluding steroid dienone is 1. The first-order valence-electron chi connectivity index (χ1n) is 10.9. The van der Waals surface area contributed by atoms with Crippen molar-refractivity contribution in [3.63, 3.8) is 0 Å². The molecule has 1 atom stereocenters. The molecule has 2 heterocycles. The average Bonchev–Trinajstić information content (AvgIpc) is 3.59. The number of methoxy groups -OCH3 is 1. The fourth-order valence-electron chi connectivity index (χ4n) is 4.17.